The molecule has 126 valence electrons. The molecule has 0 saturated heterocycles. The molecule has 22 heavy (non-hydrogen) atoms. The zero-order valence-electron chi connectivity index (χ0n) is 14.8. The van der Waals surface area contributed by atoms with E-state index in [1.807, 2.05) is 12.2 Å². The molecule has 0 bridgehead atoms. The van der Waals surface area contributed by atoms with Crippen LogP contribution >= 0.6 is 0 Å². The Balaban J connectivity index is 3.45. The van der Waals surface area contributed by atoms with E-state index in [4.69, 9.17) is 0 Å². The first-order valence-corrected chi connectivity index (χ1v) is 8.92. The molecule has 0 atom stereocenters. The molecule has 0 saturated carbocycles. The van der Waals surface area contributed by atoms with Crippen LogP contribution in [0, 0.1) is 5.92 Å². The second kappa shape index (κ2) is 16.1. The maximum absolute atomic E-state index is 11.4. The minimum Gasteiger partial charge on any atom is -0.352 e. The van der Waals surface area contributed by atoms with E-state index in [0.29, 0.717) is 5.92 Å². The van der Waals surface area contributed by atoms with Crippen LogP contribution in [0.2, 0.25) is 0 Å². The van der Waals surface area contributed by atoms with E-state index < -0.39 is 0 Å². The van der Waals surface area contributed by atoms with Gasteiger partial charge in [0.2, 0.25) is 5.91 Å². The fourth-order valence-corrected chi connectivity index (χ4v) is 1.95. The third-order valence-corrected chi connectivity index (χ3v) is 3.31. The van der Waals surface area contributed by atoms with Crippen molar-refractivity contribution in [1.29, 1.82) is 0 Å². The van der Waals surface area contributed by atoms with Gasteiger partial charge in [0, 0.05) is 12.6 Å². The number of nitrogens with one attached hydrogen (secondary N) is 1. The van der Waals surface area contributed by atoms with Gasteiger partial charge in [-0.1, -0.05) is 64.0 Å². The van der Waals surface area contributed by atoms with Gasteiger partial charge < -0.3 is 5.32 Å². The standard InChI is InChI=1S/C20H35NO/c1-4-5-6-7-8-9-10-11-12-13-14-15-16-17-20(22)21-18-19(2)3/h8-9,14-17,19H,4-7,10-13,18H2,1-3H3,(H,21,22)/b9-8+,15-14+,17-16+. The quantitative estimate of drug-likeness (QED) is 0.205. The molecule has 0 aliphatic rings. The first-order chi connectivity index (χ1) is 10.7. The second-order valence-corrected chi connectivity index (χ2v) is 6.18. The average molecular weight is 306 g/mol. The van der Waals surface area contributed by atoms with Crippen LogP contribution in [0.15, 0.2) is 36.5 Å². The van der Waals surface area contributed by atoms with Gasteiger partial charge >= 0.3 is 0 Å². The maximum Gasteiger partial charge on any atom is 0.243 e. The molecule has 0 radical (unpaired) electrons. The van der Waals surface area contributed by atoms with Crippen molar-refractivity contribution >= 4 is 5.91 Å². The summed E-state index contributed by atoms with van der Waals surface area (Å²) in [6, 6.07) is 0. The lowest BCUT2D eigenvalue weighted by atomic mass is 10.1. The van der Waals surface area contributed by atoms with E-state index in [1.165, 1.54) is 44.9 Å². The number of hydrogen-bond acceptors (Lipinski definition) is 1. The van der Waals surface area contributed by atoms with Gasteiger partial charge in [-0.3, -0.25) is 4.79 Å². The Hall–Kier alpha value is -1.31. The van der Waals surface area contributed by atoms with Gasteiger partial charge in [0.15, 0.2) is 0 Å². The monoisotopic (exact) mass is 305 g/mol. The largest absolute Gasteiger partial charge is 0.352 e. The van der Waals surface area contributed by atoms with Gasteiger partial charge in [0.05, 0.1) is 0 Å². The Bertz CT molecular complexity index is 340. The molecule has 0 aromatic rings. The lowest BCUT2D eigenvalue weighted by Crippen LogP contribution is -2.25. The summed E-state index contributed by atoms with van der Waals surface area (Å²) in [7, 11) is 0. The molecule has 1 amide bonds. The minimum absolute atomic E-state index is 0.00781. The highest BCUT2D eigenvalue weighted by atomic mass is 16.1. The van der Waals surface area contributed by atoms with Crippen molar-refractivity contribution < 1.29 is 4.79 Å². The number of hydrogen-bond donors (Lipinski definition) is 1. The van der Waals surface area contributed by atoms with Crippen LogP contribution in [-0.2, 0) is 4.79 Å². The fourth-order valence-electron chi connectivity index (χ4n) is 1.95. The summed E-state index contributed by atoms with van der Waals surface area (Å²) in [5.74, 6) is 0.486. The molecule has 0 aromatic carbocycles. The lowest BCUT2D eigenvalue weighted by Gasteiger charge is -2.03. The topological polar surface area (TPSA) is 29.1 Å². The van der Waals surface area contributed by atoms with Crippen LogP contribution in [0.5, 0.6) is 0 Å². The minimum atomic E-state index is -0.00781. The summed E-state index contributed by atoms with van der Waals surface area (Å²) in [4.78, 5) is 11.4. The van der Waals surface area contributed by atoms with E-state index in [2.05, 4.69) is 44.3 Å². The predicted octanol–water partition coefficient (Wildman–Crippen LogP) is 5.57. The molecule has 0 heterocycles. The van der Waals surface area contributed by atoms with Crippen molar-refractivity contribution in [2.45, 2.75) is 72.1 Å². The lowest BCUT2D eigenvalue weighted by molar-refractivity contribution is -0.116. The third-order valence-electron chi connectivity index (χ3n) is 3.31. The summed E-state index contributed by atoms with van der Waals surface area (Å²) in [5, 5.41) is 2.86. The van der Waals surface area contributed by atoms with Gasteiger partial charge in [-0.2, -0.15) is 0 Å². The van der Waals surface area contributed by atoms with E-state index in [0.717, 1.165) is 13.0 Å². The van der Waals surface area contributed by atoms with E-state index in [1.54, 1.807) is 6.08 Å². The van der Waals surface area contributed by atoms with Crippen molar-refractivity contribution in [2.75, 3.05) is 6.54 Å². The summed E-state index contributed by atoms with van der Waals surface area (Å²) in [6.07, 6.45) is 22.1. The predicted molar refractivity (Wildman–Crippen MR) is 97.9 cm³/mol. The van der Waals surface area contributed by atoms with E-state index in [-0.39, 0.29) is 5.91 Å². The molecule has 2 nitrogen and oxygen atoms in total. The normalized spacial score (nSPS) is 12.2. The van der Waals surface area contributed by atoms with Crippen molar-refractivity contribution in [3.05, 3.63) is 36.5 Å². The molecule has 0 fully saturated rings. The van der Waals surface area contributed by atoms with Crippen LogP contribution in [0.1, 0.15) is 72.1 Å². The Morgan fingerprint density at radius 3 is 2.09 bits per heavy atom. The van der Waals surface area contributed by atoms with Gasteiger partial charge in [-0.25, -0.2) is 0 Å². The van der Waals surface area contributed by atoms with Crippen LogP contribution in [0.25, 0.3) is 0 Å². The number of carbonyl (C=O) groups excluding carboxylic acids is 1. The highest BCUT2D eigenvalue weighted by Crippen LogP contribution is 2.04. The number of allylic oxidation sites excluding steroid dienone is 5. The molecule has 0 spiro atoms. The van der Waals surface area contributed by atoms with Crippen LogP contribution in [0.4, 0.5) is 0 Å². The maximum atomic E-state index is 11.4. The number of amides is 1. The van der Waals surface area contributed by atoms with Crippen LogP contribution in [-0.4, -0.2) is 12.5 Å². The number of carbonyl (C=O) groups is 1. The molecular weight excluding hydrogens is 270 g/mol. The Kier molecular flexibility index (Phi) is 15.1. The summed E-state index contributed by atoms with van der Waals surface area (Å²) in [5.41, 5.74) is 0. The van der Waals surface area contributed by atoms with Crippen LogP contribution < -0.4 is 5.32 Å². The van der Waals surface area contributed by atoms with E-state index in [9.17, 15) is 4.79 Å². The highest BCUT2D eigenvalue weighted by molar-refractivity contribution is 5.87. The van der Waals surface area contributed by atoms with Crippen molar-refractivity contribution in [3.63, 3.8) is 0 Å². The Morgan fingerprint density at radius 1 is 0.909 bits per heavy atom. The zero-order valence-corrected chi connectivity index (χ0v) is 14.8. The number of unbranched alkanes of at least 4 members (excludes halogenated alkanes) is 6. The molecule has 0 aliphatic carbocycles. The van der Waals surface area contributed by atoms with Gasteiger partial charge in [-0.15, -0.1) is 0 Å². The van der Waals surface area contributed by atoms with E-state index >= 15 is 0 Å². The summed E-state index contributed by atoms with van der Waals surface area (Å²) >= 11 is 0. The number of rotatable bonds is 13. The first kappa shape index (κ1) is 20.7. The van der Waals surface area contributed by atoms with Crippen molar-refractivity contribution in [2.24, 2.45) is 5.92 Å². The molecule has 0 rings (SSSR count). The SMILES string of the molecule is CCCCC/C=C/CCCC/C=C/C=C/C(=O)NCC(C)C. The molecule has 1 N–H and O–H groups in total. The fraction of sp³-hybridized carbons (Fsp3) is 0.650. The third kappa shape index (κ3) is 16.7. The van der Waals surface area contributed by atoms with Gasteiger partial charge in [0.1, 0.15) is 0 Å². The molecule has 0 unspecified atom stereocenters. The average Bonchev–Trinajstić information content (AvgIpc) is 2.49. The summed E-state index contributed by atoms with van der Waals surface area (Å²) < 4.78 is 0. The first-order valence-electron chi connectivity index (χ1n) is 8.92. The second-order valence-electron chi connectivity index (χ2n) is 6.18. The summed E-state index contributed by atoms with van der Waals surface area (Å²) in [6.45, 7) is 7.15. The molecule has 0 aliphatic heterocycles. The smallest absolute Gasteiger partial charge is 0.243 e. The molecule has 2 heteroatoms. The Labute approximate surface area is 137 Å². The van der Waals surface area contributed by atoms with Crippen LogP contribution in [0.3, 0.4) is 0 Å². The Morgan fingerprint density at radius 2 is 1.50 bits per heavy atom. The molecule has 0 aromatic heterocycles. The van der Waals surface area contributed by atoms with Crippen molar-refractivity contribution in [1.82, 2.24) is 5.32 Å². The molecular formula is C20H35NO. The zero-order chi connectivity index (χ0) is 16.5. The van der Waals surface area contributed by atoms with Gasteiger partial charge in [-0.05, 0) is 44.4 Å². The van der Waals surface area contributed by atoms with Crippen molar-refractivity contribution in [3.8, 4) is 0 Å². The van der Waals surface area contributed by atoms with Gasteiger partial charge in [0.25, 0.3) is 0 Å². The highest BCUT2D eigenvalue weighted by Gasteiger charge is 1.95.